The van der Waals surface area contributed by atoms with Gasteiger partial charge in [0.2, 0.25) is 0 Å². The maximum Gasteiger partial charge on any atom is 0.159 e. The molecule has 1 saturated heterocycles. The van der Waals surface area contributed by atoms with Crippen LogP contribution in [0.25, 0.3) is 0 Å². The molecule has 1 heterocycles. The van der Waals surface area contributed by atoms with Crippen LogP contribution in [0.15, 0.2) is 30.3 Å². The van der Waals surface area contributed by atoms with Gasteiger partial charge in [0.25, 0.3) is 0 Å². The van der Waals surface area contributed by atoms with Crippen LogP contribution in [0.1, 0.15) is 10.9 Å². The summed E-state index contributed by atoms with van der Waals surface area (Å²) >= 11 is 1.45. The Morgan fingerprint density at radius 3 is 2.71 bits per heavy atom. The topological polar surface area (TPSA) is 56.7 Å². The van der Waals surface area contributed by atoms with E-state index in [1.54, 1.807) is 0 Å². The number of rotatable bonds is 2. The highest BCUT2D eigenvalue weighted by Crippen LogP contribution is 2.29. The minimum Gasteiger partial charge on any atom is -0.549 e. The van der Waals surface area contributed by atoms with Gasteiger partial charge >= 0.3 is 0 Å². The smallest absolute Gasteiger partial charge is 0.159 e. The van der Waals surface area contributed by atoms with E-state index in [4.69, 9.17) is 0 Å². The van der Waals surface area contributed by atoms with Crippen LogP contribution in [0.5, 0.6) is 0 Å². The summed E-state index contributed by atoms with van der Waals surface area (Å²) in [7, 11) is 0. The van der Waals surface area contributed by atoms with Gasteiger partial charge in [-0.2, -0.15) is 0 Å². The Morgan fingerprint density at radius 1 is 1.43 bits per heavy atom. The van der Waals surface area contributed by atoms with Crippen molar-refractivity contribution >= 4 is 17.7 Å². The molecule has 0 saturated carbocycles. The third-order valence-corrected chi connectivity index (χ3v) is 3.74. The maximum atomic E-state index is 10.6. The molecule has 1 aliphatic rings. The predicted molar refractivity (Wildman–Crippen MR) is 52.4 cm³/mol. The Morgan fingerprint density at radius 2 is 2.14 bits per heavy atom. The van der Waals surface area contributed by atoms with Crippen molar-refractivity contribution in [3.8, 4) is 0 Å². The summed E-state index contributed by atoms with van der Waals surface area (Å²) in [5.74, 6) is -0.954. The second-order valence-corrected chi connectivity index (χ2v) is 4.60. The zero-order valence-electron chi connectivity index (χ0n) is 7.55. The number of hydrogen-bond donors (Lipinski definition) is 1. The minimum absolute atomic E-state index is 0.207. The standard InChI is InChI=1S/C10H11NO2S/c12-10(13)8-6-11-9(14-8)7-4-2-1-3-5-7/h1-5,8-9,11H,6H2,(H,12,13)/t8-,9+/m1/s1. The summed E-state index contributed by atoms with van der Waals surface area (Å²) < 4.78 is 0. The predicted octanol–water partition coefficient (Wildman–Crippen LogP) is -0.886. The Kier molecular flexibility index (Phi) is 2.74. The molecule has 2 N–H and O–H groups in total. The summed E-state index contributed by atoms with van der Waals surface area (Å²) in [6.07, 6.45) is 0. The number of hydrogen-bond acceptors (Lipinski definition) is 3. The fraction of sp³-hybridized carbons (Fsp3) is 0.300. The lowest BCUT2D eigenvalue weighted by Gasteiger charge is -2.07. The minimum atomic E-state index is -0.954. The number of carboxylic acids is 1. The number of nitrogens with two attached hydrogens (primary N) is 1. The zero-order valence-corrected chi connectivity index (χ0v) is 8.37. The van der Waals surface area contributed by atoms with Gasteiger partial charge in [-0.15, -0.1) is 0 Å². The molecule has 2 atom stereocenters. The van der Waals surface area contributed by atoms with E-state index >= 15 is 0 Å². The number of thioether (sulfide) groups is 1. The first kappa shape index (κ1) is 9.55. The Labute approximate surface area is 86.5 Å². The number of aliphatic carboxylic acids is 1. The van der Waals surface area contributed by atoms with E-state index in [1.165, 1.54) is 17.3 Å². The molecule has 74 valence electrons. The zero-order chi connectivity index (χ0) is 9.97. The Balaban J connectivity index is 2.06. The Hall–Kier alpha value is -1.00. The molecule has 1 fully saturated rings. The molecule has 3 nitrogen and oxygen atoms in total. The van der Waals surface area contributed by atoms with Gasteiger partial charge in [0.05, 0.1) is 17.8 Å². The van der Waals surface area contributed by atoms with Gasteiger partial charge in [-0.3, -0.25) is 0 Å². The fourth-order valence-corrected chi connectivity index (χ4v) is 2.77. The first-order valence-corrected chi connectivity index (χ1v) is 5.46. The van der Waals surface area contributed by atoms with E-state index in [0.29, 0.717) is 6.54 Å². The lowest BCUT2D eigenvalue weighted by molar-refractivity contribution is -0.665. The van der Waals surface area contributed by atoms with E-state index in [9.17, 15) is 9.90 Å². The van der Waals surface area contributed by atoms with Crippen molar-refractivity contribution in [3.63, 3.8) is 0 Å². The molecule has 14 heavy (non-hydrogen) atoms. The normalized spacial score (nSPS) is 26.3. The summed E-state index contributed by atoms with van der Waals surface area (Å²) in [4.78, 5) is 10.6. The number of carbonyl (C=O) groups excluding carboxylic acids is 1. The van der Waals surface area contributed by atoms with Crippen molar-refractivity contribution in [2.75, 3.05) is 6.54 Å². The van der Waals surface area contributed by atoms with E-state index in [-0.39, 0.29) is 10.6 Å². The van der Waals surface area contributed by atoms with E-state index < -0.39 is 5.97 Å². The van der Waals surface area contributed by atoms with Gasteiger partial charge < -0.3 is 15.2 Å². The number of benzene rings is 1. The number of quaternary nitrogens is 1. The number of carboxylic acid groups (broad SMARTS) is 1. The van der Waals surface area contributed by atoms with Crippen molar-refractivity contribution in [2.24, 2.45) is 0 Å². The quantitative estimate of drug-likeness (QED) is 0.687. The Bertz CT molecular complexity index is 328. The molecule has 0 amide bonds. The van der Waals surface area contributed by atoms with Crippen molar-refractivity contribution < 1.29 is 15.2 Å². The molecule has 0 aliphatic carbocycles. The molecule has 4 heteroatoms. The third kappa shape index (κ3) is 1.91. The fourth-order valence-electron chi connectivity index (χ4n) is 1.54. The average Bonchev–Trinajstić information content (AvgIpc) is 2.68. The van der Waals surface area contributed by atoms with Crippen LogP contribution < -0.4 is 10.4 Å². The summed E-state index contributed by atoms with van der Waals surface area (Å²) in [6, 6.07) is 9.93. The van der Waals surface area contributed by atoms with Crippen molar-refractivity contribution in [2.45, 2.75) is 10.6 Å². The molecule has 1 aliphatic heterocycles. The maximum absolute atomic E-state index is 10.6. The second-order valence-electron chi connectivity index (χ2n) is 3.25. The molecular formula is C10H11NO2S. The first-order valence-electron chi connectivity index (χ1n) is 4.52. The van der Waals surface area contributed by atoms with Crippen molar-refractivity contribution in [3.05, 3.63) is 35.9 Å². The van der Waals surface area contributed by atoms with Gasteiger partial charge in [0.1, 0.15) is 0 Å². The molecule has 1 aromatic carbocycles. The van der Waals surface area contributed by atoms with Gasteiger partial charge in [-0.05, 0) is 0 Å². The summed E-state index contributed by atoms with van der Waals surface area (Å²) in [6.45, 7) is 0.604. The van der Waals surface area contributed by atoms with Crippen LogP contribution in [-0.4, -0.2) is 17.8 Å². The first-order chi connectivity index (χ1) is 6.77. The average molecular weight is 209 g/mol. The lowest BCUT2D eigenvalue weighted by atomic mass is 10.2. The van der Waals surface area contributed by atoms with E-state index in [1.807, 2.05) is 35.6 Å². The molecule has 2 rings (SSSR count). The van der Waals surface area contributed by atoms with Crippen molar-refractivity contribution in [1.82, 2.24) is 0 Å². The van der Waals surface area contributed by atoms with Crippen LogP contribution in [0.2, 0.25) is 0 Å². The highest BCUT2D eigenvalue weighted by molar-refractivity contribution is 8.00. The molecule has 0 radical (unpaired) electrons. The monoisotopic (exact) mass is 209 g/mol. The largest absolute Gasteiger partial charge is 0.549 e. The lowest BCUT2D eigenvalue weighted by Crippen LogP contribution is -2.82. The summed E-state index contributed by atoms with van der Waals surface area (Å²) in [5.41, 5.74) is 1.17. The molecule has 1 aromatic rings. The molecular weight excluding hydrogens is 198 g/mol. The molecule has 0 aromatic heterocycles. The highest BCUT2D eigenvalue weighted by atomic mass is 32.2. The number of carbonyl (C=O) groups is 1. The van der Waals surface area contributed by atoms with Crippen LogP contribution in [-0.2, 0) is 4.79 Å². The van der Waals surface area contributed by atoms with E-state index in [0.717, 1.165) is 0 Å². The molecule has 0 bridgehead atoms. The molecule has 0 unspecified atom stereocenters. The van der Waals surface area contributed by atoms with Crippen LogP contribution >= 0.6 is 11.8 Å². The second kappa shape index (κ2) is 4.02. The van der Waals surface area contributed by atoms with Gasteiger partial charge in [-0.25, -0.2) is 0 Å². The third-order valence-electron chi connectivity index (χ3n) is 2.27. The van der Waals surface area contributed by atoms with Crippen LogP contribution in [0.3, 0.4) is 0 Å². The van der Waals surface area contributed by atoms with Crippen molar-refractivity contribution in [1.29, 1.82) is 0 Å². The van der Waals surface area contributed by atoms with E-state index in [2.05, 4.69) is 0 Å². The van der Waals surface area contributed by atoms with Gasteiger partial charge in [-0.1, -0.05) is 42.1 Å². The SMILES string of the molecule is O=C([O-])[C@H]1C[NH2+][C@H](c2ccccc2)S1. The van der Waals surface area contributed by atoms with Gasteiger partial charge in [0.15, 0.2) is 5.37 Å². The van der Waals surface area contributed by atoms with Gasteiger partial charge in [0, 0.05) is 5.56 Å². The van der Waals surface area contributed by atoms with Crippen LogP contribution in [0.4, 0.5) is 0 Å². The van der Waals surface area contributed by atoms with Crippen LogP contribution in [0, 0.1) is 0 Å². The highest BCUT2D eigenvalue weighted by Gasteiger charge is 2.30. The summed E-state index contributed by atoms with van der Waals surface area (Å²) in [5, 5.41) is 12.5. The molecule has 0 spiro atoms.